The Morgan fingerprint density at radius 1 is 0.630 bits per heavy atom. The zero-order chi connectivity index (χ0) is 34.6. The van der Waals surface area contributed by atoms with Crippen molar-refractivity contribution in [3.8, 4) is 0 Å². The summed E-state index contributed by atoms with van der Waals surface area (Å²) in [7, 11) is 0. The summed E-state index contributed by atoms with van der Waals surface area (Å²) in [5, 5.41) is 79.1. The van der Waals surface area contributed by atoms with Crippen molar-refractivity contribution in [2.24, 2.45) is 0 Å². The standard InChI is InChI=1S/C32H44O14/c1-17(11-7-13-19(3)29(40)41)9-5-6-10-18(2)12-8-14-20(4)30(42)46-32-28(39)26(37)24(35)22(45-32)16-43-31-27(38)25(36)23(34)21(15-33)44-31/h5-14,21-28,31-39H,15-16H2,1-4H3,(H,40,41)/b6-5+,11-7+,12-8+,17-9-,18-10+,19-13+,20-14+/t21?,22?,23-,24-,25?,26?,27?,28?,31-,32+/m1/s1. The molecule has 8 N–H and O–H groups in total. The number of carboxylic acids is 1. The predicted octanol–water partition coefficient (Wildman–Crippen LogP) is -0.308. The lowest BCUT2D eigenvalue weighted by Gasteiger charge is -2.42. The van der Waals surface area contributed by atoms with Crippen molar-refractivity contribution >= 4 is 11.9 Å². The van der Waals surface area contributed by atoms with Gasteiger partial charge < -0.3 is 59.8 Å². The van der Waals surface area contributed by atoms with Gasteiger partial charge in [0.05, 0.1) is 13.2 Å². The van der Waals surface area contributed by atoms with Crippen LogP contribution in [-0.4, -0.2) is 127 Å². The van der Waals surface area contributed by atoms with E-state index in [2.05, 4.69) is 0 Å². The second kappa shape index (κ2) is 18.8. The van der Waals surface area contributed by atoms with Crippen LogP contribution in [0.25, 0.3) is 0 Å². The molecule has 0 bridgehead atoms. The molecule has 0 spiro atoms. The van der Waals surface area contributed by atoms with Gasteiger partial charge in [0.25, 0.3) is 0 Å². The first-order valence-corrected chi connectivity index (χ1v) is 14.5. The van der Waals surface area contributed by atoms with Crippen molar-refractivity contribution in [1.29, 1.82) is 0 Å². The molecule has 6 unspecified atom stereocenters. The van der Waals surface area contributed by atoms with Gasteiger partial charge in [-0.2, -0.15) is 0 Å². The largest absolute Gasteiger partial charge is 0.478 e. The van der Waals surface area contributed by atoms with Crippen LogP contribution in [0.5, 0.6) is 0 Å². The van der Waals surface area contributed by atoms with E-state index >= 15 is 0 Å². The third kappa shape index (κ3) is 11.5. The van der Waals surface area contributed by atoms with E-state index in [0.29, 0.717) is 0 Å². The highest BCUT2D eigenvalue weighted by Gasteiger charge is 2.48. The van der Waals surface area contributed by atoms with Crippen LogP contribution in [0.4, 0.5) is 0 Å². The number of allylic oxidation sites excluding steroid dienone is 12. The second-order valence-corrected chi connectivity index (χ2v) is 10.9. The van der Waals surface area contributed by atoms with Crippen molar-refractivity contribution in [3.05, 3.63) is 83.1 Å². The molecule has 2 heterocycles. The molecule has 2 aliphatic heterocycles. The fourth-order valence-electron chi connectivity index (χ4n) is 4.10. The molecule has 14 nitrogen and oxygen atoms in total. The molecule has 0 aromatic carbocycles. The van der Waals surface area contributed by atoms with E-state index in [4.69, 9.17) is 24.1 Å². The molecule has 0 aromatic rings. The Morgan fingerprint density at radius 3 is 1.63 bits per heavy atom. The number of aliphatic hydroxyl groups is 7. The molecule has 2 aliphatic rings. The zero-order valence-electron chi connectivity index (χ0n) is 26.0. The van der Waals surface area contributed by atoms with Gasteiger partial charge in [0, 0.05) is 11.1 Å². The van der Waals surface area contributed by atoms with Crippen molar-refractivity contribution in [2.75, 3.05) is 13.2 Å². The molecule has 0 saturated carbocycles. The van der Waals surface area contributed by atoms with Gasteiger partial charge in [-0.3, -0.25) is 0 Å². The third-order valence-electron chi connectivity index (χ3n) is 7.06. The van der Waals surface area contributed by atoms with E-state index in [-0.39, 0.29) is 11.1 Å². The van der Waals surface area contributed by atoms with E-state index in [1.165, 1.54) is 26.0 Å². The van der Waals surface area contributed by atoms with E-state index in [1.54, 1.807) is 30.4 Å². The lowest BCUT2D eigenvalue weighted by atomic mass is 9.98. The SMILES string of the molecule is CC(=C/C=C/C=C(C)/C=C/C=C(\C)C(=O)O[C@@H]1OC(CO[C@@H]2OC(CO)[C@@H](O)C(O)C2O)[C@@H](O)C(O)C1O)/C=C/C=C(\C)C(=O)O. The molecule has 10 atom stereocenters. The fourth-order valence-corrected chi connectivity index (χ4v) is 4.10. The van der Waals surface area contributed by atoms with E-state index in [1.807, 2.05) is 32.1 Å². The van der Waals surface area contributed by atoms with Crippen LogP contribution in [0.15, 0.2) is 83.1 Å². The summed E-state index contributed by atoms with van der Waals surface area (Å²) in [6, 6.07) is 0. The quantitative estimate of drug-likeness (QED) is 0.0725. The molecular weight excluding hydrogens is 608 g/mol. The highest BCUT2D eigenvalue weighted by molar-refractivity contribution is 5.88. The molecule has 0 amide bonds. The first kappa shape index (κ1) is 38.9. The molecule has 14 heteroatoms. The van der Waals surface area contributed by atoms with Crippen LogP contribution in [-0.2, 0) is 28.5 Å². The molecule has 2 saturated heterocycles. The summed E-state index contributed by atoms with van der Waals surface area (Å²) < 4.78 is 21.3. The number of aliphatic carboxylic acids is 1. The van der Waals surface area contributed by atoms with Crippen LogP contribution in [0.3, 0.4) is 0 Å². The number of hydrogen-bond acceptors (Lipinski definition) is 13. The van der Waals surface area contributed by atoms with Crippen LogP contribution in [0, 0.1) is 0 Å². The van der Waals surface area contributed by atoms with Crippen molar-refractivity contribution in [3.63, 3.8) is 0 Å². The van der Waals surface area contributed by atoms with Crippen LogP contribution < -0.4 is 0 Å². The fraction of sp³-hybridized carbons (Fsp3) is 0.500. The number of esters is 1. The molecule has 2 fully saturated rings. The number of carboxylic acid groups (broad SMARTS) is 1. The summed E-state index contributed by atoms with van der Waals surface area (Å²) in [5.41, 5.74) is 2.11. The van der Waals surface area contributed by atoms with Crippen molar-refractivity contribution < 1.29 is 69.4 Å². The van der Waals surface area contributed by atoms with Gasteiger partial charge in [-0.1, -0.05) is 71.9 Å². The summed E-state index contributed by atoms with van der Waals surface area (Å²) in [4.78, 5) is 23.4. The van der Waals surface area contributed by atoms with Crippen molar-refractivity contribution in [2.45, 2.75) is 89.1 Å². The lowest BCUT2D eigenvalue weighted by molar-refractivity contribution is -0.326. The molecule has 256 valence electrons. The summed E-state index contributed by atoms with van der Waals surface area (Å²) in [6.07, 6.45) is 0.855. The minimum Gasteiger partial charge on any atom is -0.478 e. The first-order valence-electron chi connectivity index (χ1n) is 14.5. The van der Waals surface area contributed by atoms with E-state index in [9.17, 15) is 45.3 Å². The maximum atomic E-state index is 12.6. The normalized spacial score (nSPS) is 33.7. The van der Waals surface area contributed by atoms with Crippen molar-refractivity contribution in [1.82, 2.24) is 0 Å². The van der Waals surface area contributed by atoms with Gasteiger partial charge in [-0.05, 0) is 27.7 Å². The average molecular weight is 653 g/mol. The number of ether oxygens (including phenoxy) is 4. The van der Waals surface area contributed by atoms with Gasteiger partial charge in [-0.25, -0.2) is 9.59 Å². The predicted molar refractivity (Wildman–Crippen MR) is 163 cm³/mol. The topological polar surface area (TPSA) is 233 Å². The zero-order valence-corrected chi connectivity index (χ0v) is 26.0. The number of rotatable bonds is 13. The smallest absolute Gasteiger partial charge is 0.336 e. The first-order chi connectivity index (χ1) is 21.7. The third-order valence-corrected chi connectivity index (χ3v) is 7.06. The summed E-state index contributed by atoms with van der Waals surface area (Å²) in [5.74, 6) is -1.86. The van der Waals surface area contributed by atoms with Crippen LogP contribution in [0.1, 0.15) is 27.7 Å². The van der Waals surface area contributed by atoms with Gasteiger partial charge in [0.1, 0.15) is 48.8 Å². The number of carbonyl (C=O) groups is 2. The Balaban J connectivity index is 1.94. The van der Waals surface area contributed by atoms with Gasteiger partial charge in [-0.15, -0.1) is 0 Å². The average Bonchev–Trinajstić information content (AvgIpc) is 3.02. The number of carbonyl (C=O) groups excluding carboxylic acids is 1. The highest BCUT2D eigenvalue weighted by Crippen LogP contribution is 2.26. The Kier molecular flexibility index (Phi) is 15.9. The molecule has 0 radical (unpaired) electrons. The van der Waals surface area contributed by atoms with Gasteiger partial charge >= 0.3 is 11.9 Å². The molecule has 0 aliphatic carbocycles. The molecule has 46 heavy (non-hydrogen) atoms. The minimum atomic E-state index is -1.80. The highest BCUT2D eigenvalue weighted by atomic mass is 16.7. The summed E-state index contributed by atoms with van der Waals surface area (Å²) in [6.45, 7) is 5.43. The maximum Gasteiger partial charge on any atom is 0.336 e. The second-order valence-electron chi connectivity index (χ2n) is 10.9. The van der Waals surface area contributed by atoms with Gasteiger partial charge in [0.15, 0.2) is 6.29 Å². The Labute approximate surface area is 266 Å². The van der Waals surface area contributed by atoms with E-state index < -0.39 is 86.6 Å². The maximum absolute atomic E-state index is 12.6. The van der Waals surface area contributed by atoms with Crippen LogP contribution in [0.2, 0.25) is 0 Å². The Hall–Kier alpha value is -3.28. The van der Waals surface area contributed by atoms with E-state index in [0.717, 1.165) is 11.1 Å². The molecular formula is C32H44O14. The summed E-state index contributed by atoms with van der Waals surface area (Å²) >= 11 is 0. The number of aliphatic hydroxyl groups excluding tert-OH is 7. The lowest BCUT2D eigenvalue weighted by Crippen LogP contribution is -2.61. The Morgan fingerprint density at radius 2 is 1.11 bits per heavy atom. The Bertz CT molecular complexity index is 1240. The van der Waals surface area contributed by atoms with Gasteiger partial charge in [0.2, 0.25) is 6.29 Å². The molecule has 2 rings (SSSR count). The number of hydrogen-bond donors (Lipinski definition) is 8. The monoisotopic (exact) mass is 652 g/mol. The molecule has 0 aromatic heterocycles. The van der Waals surface area contributed by atoms with Crippen LogP contribution >= 0.6 is 0 Å². The minimum absolute atomic E-state index is 0.127.